The molecule has 0 aliphatic heterocycles. The Morgan fingerprint density at radius 1 is 1.35 bits per heavy atom. The number of alkyl halides is 4. The molecule has 150 valence electrons. The van der Waals surface area contributed by atoms with Crippen LogP contribution in [0.4, 0.5) is 23.2 Å². The molecule has 11 heteroatoms. The van der Waals surface area contributed by atoms with Crippen molar-refractivity contribution in [2.24, 2.45) is 17.6 Å². The van der Waals surface area contributed by atoms with Gasteiger partial charge >= 0.3 is 12.3 Å². The number of pyridine rings is 1. The molecular weight excluding hydrogens is 401 g/mol. The van der Waals surface area contributed by atoms with Gasteiger partial charge in [0.05, 0.1) is 11.9 Å². The average molecular weight is 422 g/mol. The molecule has 0 aromatic carbocycles. The van der Waals surface area contributed by atoms with Crippen LogP contribution in [-0.2, 0) is 4.79 Å². The number of halogens is 6. The minimum absolute atomic E-state index is 0. The molecular formula is C15H21Cl2F4N3O2. The first-order valence-electron chi connectivity index (χ1n) is 7.59. The van der Waals surface area contributed by atoms with Gasteiger partial charge in [0.25, 0.3) is 0 Å². The van der Waals surface area contributed by atoms with E-state index in [2.05, 4.69) is 15.0 Å². The molecule has 0 saturated heterocycles. The Hall–Kier alpha value is -1.32. The van der Waals surface area contributed by atoms with Crippen molar-refractivity contribution in [3.8, 4) is 5.88 Å². The van der Waals surface area contributed by atoms with E-state index in [1.807, 2.05) is 0 Å². The van der Waals surface area contributed by atoms with Gasteiger partial charge in [0, 0.05) is 12.0 Å². The van der Waals surface area contributed by atoms with Crippen molar-refractivity contribution >= 4 is 36.4 Å². The fraction of sp³-hybridized carbons (Fsp3) is 0.600. The summed E-state index contributed by atoms with van der Waals surface area (Å²) in [6.45, 7) is -1.02. The van der Waals surface area contributed by atoms with Gasteiger partial charge in [0.15, 0.2) is 6.61 Å². The van der Waals surface area contributed by atoms with Gasteiger partial charge in [0.1, 0.15) is 0 Å². The van der Waals surface area contributed by atoms with Crippen molar-refractivity contribution in [3.63, 3.8) is 0 Å². The first-order valence-corrected chi connectivity index (χ1v) is 7.59. The molecule has 1 aromatic heterocycles. The number of carbonyl (C=O) groups excluding carboxylic acids is 1. The second kappa shape index (κ2) is 10.7. The van der Waals surface area contributed by atoms with Crippen molar-refractivity contribution in [1.29, 1.82) is 0 Å². The summed E-state index contributed by atoms with van der Waals surface area (Å²) < 4.78 is 54.1. The minimum Gasteiger partial charge on any atom is -0.471 e. The second-order valence-corrected chi connectivity index (χ2v) is 5.76. The molecule has 1 amide bonds. The summed E-state index contributed by atoms with van der Waals surface area (Å²) >= 11 is 0. The predicted molar refractivity (Wildman–Crippen MR) is 93.7 cm³/mol. The first kappa shape index (κ1) is 24.7. The Labute approximate surface area is 160 Å². The summed E-state index contributed by atoms with van der Waals surface area (Å²) in [4.78, 5) is 15.9. The second-order valence-electron chi connectivity index (χ2n) is 5.76. The highest BCUT2D eigenvalue weighted by molar-refractivity contribution is 5.92. The van der Waals surface area contributed by atoms with Crippen LogP contribution < -0.4 is 15.8 Å². The fourth-order valence-electron chi connectivity index (χ4n) is 2.67. The topological polar surface area (TPSA) is 77.2 Å². The number of amides is 1. The van der Waals surface area contributed by atoms with Crippen molar-refractivity contribution in [1.82, 2.24) is 4.98 Å². The minimum atomic E-state index is -4.24. The van der Waals surface area contributed by atoms with E-state index in [1.165, 1.54) is 18.3 Å². The largest absolute Gasteiger partial charge is 0.471 e. The molecule has 1 aliphatic rings. The van der Waals surface area contributed by atoms with Crippen LogP contribution in [0.5, 0.6) is 5.88 Å². The predicted octanol–water partition coefficient (Wildman–Crippen LogP) is 3.52. The first-order chi connectivity index (χ1) is 11.3. The fourth-order valence-corrected chi connectivity index (χ4v) is 2.67. The van der Waals surface area contributed by atoms with E-state index >= 15 is 0 Å². The van der Waals surface area contributed by atoms with Crippen LogP contribution in [0.15, 0.2) is 18.3 Å². The number of rotatable bonds is 7. The monoisotopic (exact) mass is 421 g/mol. The van der Waals surface area contributed by atoms with Crippen molar-refractivity contribution in [3.05, 3.63) is 18.3 Å². The molecule has 0 unspecified atom stereocenters. The lowest BCUT2D eigenvalue weighted by Gasteiger charge is -2.17. The van der Waals surface area contributed by atoms with E-state index in [0.717, 1.165) is 19.3 Å². The van der Waals surface area contributed by atoms with Crippen LogP contribution in [0, 0.1) is 11.8 Å². The highest BCUT2D eigenvalue weighted by Gasteiger charge is 2.41. The van der Waals surface area contributed by atoms with Crippen LogP contribution in [0.2, 0.25) is 0 Å². The number of ether oxygens (including phenoxy) is 1. The van der Waals surface area contributed by atoms with Crippen LogP contribution in [0.3, 0.4) is 0 Å². The van der Waals surface area contributed by atoms with E-state index < -0.39 is 19.0 Å². The van der Waals surface area contributed by atoms with Gasteiger partial charge in [-0.15, -0.1) is 24.8 Å². The lowest BCUT2D eigenvalue weighted by Crippen LogP contribution is -2.33. The van der Waals surface area contributed by atoms with E-state index in [1.54, 1.807) is 0 Å². The third-order valence-electron chi connectivity index (χ3n) is 4.03. The van der Waals surface area contributed by atoms with Crippen molar-refractivity contribution < 1.29 is 27.1 Å². The van der Waals surface area contributed by atoms with E-state index in [9.17, 15) is 22.4 Å². The number of nitrogens with two attached hydrogens (primary N) is 1. The molecule has 0 bridgehead atoms. The summed E-state index contributed by atoms with van der Waals surface area (Å²) in [6, 6.07) is 2.64. The van der Waals surface area contributed by atoms with E-state index in [-0.39, 0.29) is 48.4 Å². The number of hydrogen-bond donors (Lipinski definition) is 2. The lowest BCUT2D eigenvalue weighted by molar-refractivity contribution is -0.148. The molecule has 1 aliphatic carbocycles. The van der Waals surface area contributed by atoms with Gasteiger partial charge in [-0.2, -0.15) is 8.78 Å². The maximum atomic E-state index is 12.8. The Balaban J connectivity index is 0.00000312. The standard InChI is InChI=1S/C15H19F4N3O2.2ClH/c16-14(17)15(18,19)8-24-12-5-4-10(7-21-12)22-13(23)11-3-1-2-9(11)6-20;;/h4-5,7,9,11,14H,1-3,6,8,20H2,(H,22,23);2*1H/t9-,11-;;/m1../s1. The number of nitrogens with zero attached hydrogens (tertiary/aromatic N) is 1. The third kappa shape index (κ3) is 6.44. The molecule has 1 heterocycles. The molecule has 26 heavy (non-hydrogen) atoms. The van der Waals surface area contributed by atoms with Gasteiger partial charge in [-0.1, -0.05) is 6.42 Å². The Bertz CT molecular complexity index is 564. The molecule has 0 radical (unpaired) electrons. The number of aromatic nitrogens is 1. The van der Waals surface area contributed by atoms with Gasteiger partial charge in [-0.3, -0.25) is 4.79 Å². The Kier molecular flexibility index (Phi) is 10.2. The number of anilines is 1. The zero-order valence-electron chi connectivity index (χ0n) is 13.7. The number of nitrogens with one attached hydrogen (secondary N) is 1. The Morgan fingerprint density at radius 3 is 2.58 bits per heavy atom. The summed E-state index contributed by atoms with van der Waals surface area (Å²) in [7, 11) is 0. The molecule has 2 rings (SSSR count). The molecule has 1 saturated carbocycles. The Morgan fingerprint density at radius 2 is 2.04 bits per heavy atom. The molecule has 5 nitrogen and oxygen atoms in total. The SMILES string of the molecule is Cl.Cl.NC[C@H]1CCC[C@H]1C(=O)Nc1ccc(OCC(F)(F)C(F)F)nc1. The lowest BCUT2D eigenvalue weighted by atomic mass is 9.95. The van der Waals surface area contributed by atoms with Gasteiger partial charge in [-0.05, 0) is 31.4 Å². The van der Waals surface area contributed by atoms with E-state index in [0.29, 0.717) is 12.2 Å². The average Bonchev–Trinajstić information content (AvgIpc) is 3.03. The van der Waals surface area contributed by atoms with Gasteiger partial charge < -0.3 is 15.8 Å². The summed E-state index contributed by atoms with van der Waals surface area (Å²) in [6.07, 6.45) is 0.0462. The summed E-state index contributed by atoms with van der Waals surface area (Å²) in [5, 5.41) is 2.69. The smallest absolute Gasteiger partial charge is 0.340 e. The zero-order chi connectivity index (χ0) is 17.7. The van der Waals surface area contributed by atoms with Gasteiger partial charge in [-0.25, -0.2) is 13.8 Å². The summed E-state index contributed by atoms with van der Waals surface area (Å²) in [5.74, 6) is -4.64. The maximum Gasteiger partial charge on any atom is 0.340 e. The number of hydrogen-bond acceptors (Lipinski definition) is 4. The van der Waals surface area contributed by atoms with Crippen LogP contribution in [0.1, 0.15) is 19.3 Å². The normalized spacial score (nSPS) is 19.5. The van der Waals surface area contributed by atoms with Crippen molar-refractivity contribution in [2.75, 3.05) is 18.5 Å². The highest BCUT2D eigenvalue weighted by Crippen LogP contribution is 2.32. The van der Waals surface area contributed by atoms with Gasteiger partial charge in [0.2, 0.25) is 11.8 Å². The third-order valence-corrected chi connectivity index (χ3v) is 4.03. The van der Waals surface area contributed by atoms with Crippen LogP contribution in [-0.4, -0.2) is 36.4 Å². The van der Waals surface area contributed by atoms with Crippen molar-refractivity contribution in [2.45, 2.75) is 31.6 Å². The molecule has 2 atom stereocenters. The van der Waals surface area contributed by atoms with Crippen LogP contribution in [0.25, 0.3) is 0 Å². The zero-order valence-corrected chi connectivity index (χ0v) is 15.3. The maximum absolute atomic E-state index is 12.8. The molecule has 3 N–H and O–H groups in total. The molecule has 1 fully saturated rings. The molecule has 0 spiro atoms. The quantitative estimate of drug-likeness (QED) is 0.660. The summed E-state index contributed by atoms with van der Waals surface area (Å²) in [5.41, 5.74) is 6.01. The number of carbonyl (C=O) groups is 1. The van der Waals surface area contributed by atoms with Crippen LogP contribution >= 0.6 is 24.8 Å². The molecule has 1 aromatic rings. The van der Waals surface area contributed by atoms with E-state index in [4.69, 9.17) is 5.73 Å². The highest BCUT2D eigenvalue weighted by atomic mass is 35.5.